The van der Waals surface area contributed by atoms with E-state index in [-0.39, 0.29) is 18.0 Å². The number of carbonyl (C=O) groups excluding carboxylic acids is 1. The van der Waals surface area contributed by atoms with E-state index in [0.29, 0.717) is 42.7 Å². The third kappa shape index (κ3) is 3.47. The average molecular weight is 382 g/mol. The molecule has 7 heteroatoms. The summed E-state index contributed by atoms with van der Waals surface area (Å²) in [6.07, 6.45) is 2.47. The number of aliphatic carboxylic acids is 1. The lowest BCUT2D eigenvalue weighted by Gasteiger charge is -2.26. The van der Waals surface area contributed by atoms with Crippen LogP contribution in [0.25, 0.3) is 21.9 Å². The first-order chi connectivity index (χ1) is 13.5. The summed E-state index contributed by atoms with van der Waals surface area (Å²) < 4.78 is 11.3. The summed E-state index contributed by atoms with van der Waals surface area (Å²) in [6, 6.07) is 11.0. The van der Waals surface area contributed by atoms with E-state index in [2.05, 4.69) is 10.6 Å². The number of carbonyl (C=O) groups is 2. The van der Waals surface area contributed by atoms with Crippen LogP contribution in [0.15, 0.2) is 40.8 Å². The van der Waals surface area contributed by atoms with Gasteiger partial charge in [0.1, 0.15) is 16.9 Å². The highest BCUT2D eigenvalue weighted by Gasteiger charge is 2.27. The van der Waals surface area contributed by atoms with Crippen molar-refractivity contribution in [2.24, 2.45) is 5.92 Å². The van der Waals surface area contributed by atoms with Gasteiger partial charge < -0.3 is 24.9 Å². The predicted octanol–water partition coefficient (Wildman–Crippen LogP) is 4.36. The second-order valence-electron chi connectivity index (χ2n) is 7.13. The fourth-order valence-electron chi connectivity index (χ4n) is 3.85. The molecule has 0 saturated heterocycles. The molecule has 0 unspecified atom stereocenters. The Morgan fingerprint density at radius 1 is 1.07 bits per heavy atom. The first-order valence-electron chi connectivity index (χ1n) is 9.34. The zero-order valence-electron chi connectivity index (χ0n) is 15.5. The Morgan fingerprint density at radius 2 is 1.82 bits per heavy atom. The second kappa shape index (κ2) is 7.42. The highest BCUT2D eigenvalue weighted by atomic mass is 16.5. The summed E-state index contributed by atoms with van der Waals surface area (Å²) in [7, 11) is 1.56. The van der Waals surface area contributed by atoms with Crippen molar-refractivity contribution in [1.29, 1.82) is 0 Å². The number of hydrogen-bond donors (Lipinski definition) is 3. The molecule has 1 fully saturated rings. The molecule has 0 radical (unpaired) electrons. The number of ether oxygens (including phenoxy) is 1. The molecule has 3 N–H and O–H groups in total. The SMILES string of the molecule is COc1cc2c(cc1NC(=O)NC1CCC(C(=O)O)CC1)oc1ccccc12. The molecule has 2 amide bonds. The van der Waals surface area contributed by atoms with Gasteiger partial charge in [-0.1, -0.05) is 18.2 Å². The lowest BCUT2D eigenvalue weighted by atomic mass is 9.86. The number of fused-ring (bicyclic) bond motifs is 3. The summed E-state index contributed by atoms with van der Waals surface area (Å²) in [5, 5.41) is 16.7. The number of rotatable bonds is 4. The summed E-state index contributed by atoms with van der Waals surface area (Å²) in [5.74, 6) is -0.521. The van der Waals surface area contributed by atoms with E-state index < -0.39 is 5.97 Å². The Bertz CT molecular complexity index is 1030. The molecule has 1 aromatic heterocycles. The number of benzene rings is 2. The van der Waals surface area contributed by atoms with E-state index in [1.165, 1.54) is 0 Å². The van der Waals surface area contributed by atoms with Gasteiger partial charge in [-0.25, -0.2) is 4.79 Å². The number of urea groups is 1. The molecule has 0 bridgehead atoms. The second-order valence-corrected chi connectivity index (χ2v) is 7.13. The molecule has 2 aromatic carbocycles. The maximum atomic E-state index is 12.4. The molecular formula is C21H22N2O5. The van der Waals surface area contributed by atoms with Crippen LogP contribution in [0.3, 0.4) is 0 Å². The Morgan fingerprint density at radius 3 is 2.54 bits per heavy atom. The summed E-state index contributed by atoms with van der Waals surface area (Å²) >= 11 is 0. The standard InChI is InChI=1S/C21H22N2O5/c1-27-19-10-15-14-4-2-3-5-17(14)28-18(15)11-16(19)23-21(26)22-13-8-6-12(7-9-13)20(24)25/h2-5,10-13H,6-9H2,1H3,(H,24,25)(H2,22,23,26). The quantitative estimate of drug-likeness (QED) is 0.622. The van der Waals surface area contributed by atoms with Crippen LogP contribution in [-0.4, -0.2) is 30.3 Å². The highest BCUT2D eigenvalue weighted by Crippen LogP contribution is 2.36. The minimum atomic E-state index is -0.758. The first-order valence-corrected chi connectivity index (χ1v) is 9.34. The van der Waals surface area contributed by atoms with Gasteiger partial charge in [0.2, 0.25) is 0 Å². The molecule has 0 atom stereocenters. The number of nitrogens with one attached hydrogen (secondary N) is 2. The van der Waals surface area contributed by atoms with Gasteiger partial charge in [0, 0.05) is 22.9 Å². The van der Waals surface area contributed by atoms with Crippen molar-refractivity contribution in [2.75, 3.05) is 12.4 Å². The third-order valence-electron chi connectivity index (χ3n) is 5.36. The van der Waals surface area contributed by atoms with Crippen LogP contribution in [0.1, 0.15) is 25.7 Å². The van der Waals surface area contributed by atoms with Gasteiger partial charge in [0.15, 0.2) is 0 Å². The molecule has 146 valence electrons. The van der Waals surface area contributed by atoms with Crippen molar-refractivity contribution in [3.05, 3.63) is 36.4 Å². The van der Waals surface area contributed by atoms with Crippen molar-refractivity contribution < 1.29 is 23.8 Å². The fourth-order valence-corrected chi connectivity index (χ4v) is 3.85. The number of furan rings is 1. The zero-order chi connectivity index (χ0) is 19.7. The number of hydrogen-bond acceptors (Lipinski definition) is 4. The molecule has 0 aliphatic heterocycles. The summed E-state index contributed by atoms with van der Waals surface area (Å²) in [4.78, 5) is 23.5. The number of carboxylic acids is 1. The van der Waals surface area contributed by atoms with Crippen LogP contribution < -0.4 is 15.4 Å². The molecule has 28 heavy (non-hydrogen) atoms. The van der Waals surface area contributed by atoms with Gasteiger partial charge in [-0.05, 0) is 37.8 Å². The number of amides is 2. The highest BCUT2D eigenvalue weighted by molar-refractivity contribution is 6.07. The Hall–Kier alpha value is -3.22. The van der Waals surface area contributed by atoms with E-state index >= 15 is 0 Å². The Labute approximate surface area is 161 Å². The van der Waals surface area contributed by atoms with Crippen molar-refractivity contribution in [3.63, 3.8) is 0 Å². The van der Waals surface area contributed by atoms with Gasteiger partial charge >= 0.3 is 12.0 Å². The lowest BCUT2D eigenvalue weighted by Crippen LogP contribution is -2.41. The molecule has 1 heterocycles. The van der Waals surface area contributed by atoms with Gasteiger partial charge in [0.25, 0.3) is 0 Å². The van der Waals surface area contributed by atoms with Crippen LogP contribution in [0.2, 0.25) is 0 Å². The van der Waals surface area contributed by atoms with Gasteiger partial charge in [-0.3, -0.25) is 4.79 Å². The first kappa shape index (κ1) is 18.2. The van der Waals surface area contributed by atoms with Gasteiger partial charge in [-0.2, -0.15) is 0 Å². The van der Waals surface area contributed by atoms with E-state index in [1.807, 2.05) is 30.3 Å². The zero-order valence-corrected chi connectivity index (χ0v) is 15.5. The molecule has 1 aliphatic rings. The topological polar surface area (TPSA) is 101 Å². The molecule has 0 spiro atoms. The summed E-state index contributed by atoms with van der Waals surface area (Å²) in [6.45, 7) is 0. The number of para-hydroxylation sites is 1. The number of anilines is 1. The van der Waals surface area contributed by atoms with Gasteiger partial charge in [-0.15, -0.1) is 0 Å². The maximum absolute atomic E-state index is 12.4. The Balaban J connectivity index is 1.50. The lowest BCUT2D eigenvalue weighted by molar-refractivity contribution is -0.142. The van der Waals surface area contributed by atoms with Crippen molar-refractivity contribution in [1.82, 2.24) is 5.32 Å². The Kier molecular flexibility index (Phi) is 4.81. The van der Waals surface area contributed by atoms with Crippen LogP contribution >= 0.6 is 0 Å². The van der Waals surface area contributed by atoms with Crippen LogP contribution in [0.5, 0.6) is 5.75 Å². The van der Waals surface area contributed by atoms with E-state index in [1.54, 1.807) is 13.2 Å². The van der Waals surface area contributed by atoms with E-state index in [9.17, 15) is 9.59 Å². The van der Waals surface area contributed by atoms with Crippen LogP contribution in [0.4, 0.5) is 10.5 Å². The normalized spacial score (nSPS) is 19.5. The van der Waals surface area contributed by atoms with Crippen molar-refractivity contribution in [3.8, 4) is 5.75 Å². The van der Waals surface area contributed by atoms with E-state index in [4.69, 9.17) is 14.3 Å². The molecular weight excluding hydrogens is 360 g/mol. The molecule has 1 aliphatic carbocycles. The molecule has 7 nitrogen and oxygen atoms in total. The maximum Gasteiger partial charge on any atom is 0.319 e. The summed E-state index contributed by atoms with van der Waals surface area (Å²) in [5.41, 5.74) is 1.96. The smallest absolute Gasteiger partial charge is 0.319 e. The largest absolute Gasteiger partial charge is 0.495 e. The fraction of sp³-hybridized carbons (Fsp3) is 0.333. The molecule has 4 rings (SSSR count). The van der Waals surface area contributed by atoms with Crippen molar-refractivity contribution >= 4 is 39.6 Å². The minimum absolute atomic E-state index is 0.0310. The third-order valence-corrected chi connectivity index (χ3v) is 5.36. The van der Waals surface area contributed by atoms with Crippen molar-refractivity contribution in [2.45, 2.75) is 31.7 Å². The van der Waals surface area contributed by atoms with Crippen LogP contribution in [-0.2, 0) is 4.79 Å². The predicted molar refractivity (Wildman–Crippen MR) is 106 cm³/mol. The minimum Gasteiger partial charge on any atom is -0.495 e. The molecule has 1 saturated carbocycles. The van der Waals surface area contributed by atoms with Crippen LogP contribution in [0, 0.1) is 5.92 Å². The van der Waals surface area contributed by atoms with Gasteiger partial charge in [0.05, 0.1) is 18.7 Å². The average Bonchev–Trinajstić information content (AvgIpc) is 3.05. The molecule has 3 aromatic rings. The monoisotopic (exact) mass is 382 g/mol. The van der Waals surface area contributed by atoms with E-state index in [0.717, 1.165) is 16.4 Å². The number of carboxylic acid groups (broad SMARTS) is 1. The number of methoxy groups -OCH3 is 1.